The van der Waals surface area contributed by atoms with Crippen LogP contribution in [0.15, 0.2) is 47.7 Å². The second-order valence-electron chi connectivity index (χ2n) is 5.81. The first-order valence-corrected chi connectivity index (χ1v) is 8.05. The Hall–Kier alpha value is -2.63. The van der Waals surface area contributed by atoms with Gasteiger partial charge in [-0.1, -0.05) is 6.07 Å². The highest BCUT2D eigenvalue weighted by atomic mass is 19.1. The Labute approximate surface area is 141 Å². The van der Waals surface area contributed by atoms with Crippen LogP contribution in [0.1, 0.15) is 18.4 Å². The maximum atomic E-state index is 14.2. The van der Waals surface area contributed by atoms with E-state index in [0.29, 0.717) is 12.3 Å². The molecule has 1 aliphatic carbocycles. The van der Waals surface area contributed by atoms with Crippen LogP contribution < -0.4 is 15.4 Å². The molecule has 2 N–H and O–H groups in total. The van der Waals surface area contributed by atoms with Crippen molar-refractivity contribution in [2.24, 2.45) is 10.9 Å². The molecule has 1 saturated carbocycles. The minimum absolute atomic E-state index is 0.183. The van der Waals surface area contributed by atoms with Crippen LogP contribution in [-0.2, 0) is 6.54 Å². The zero-order chi connectivity index (χ0) is 16.8. The smallest absolute Gasteiger partial charge is 0.191 e. The molecule has 5 nitrogen and oxygen atoms in total. The predicted octanol–water partition coefficient (Wildman–Crippen LogP) is 3.09. The average Bonchev–Trinajstić information content (AvgIpc) is 3.43. The molecule has 0 amide bonds. The minimum atomic E-state index is -0.404. The Morgan fingerprint density at radius 1 is 1.33 bits per heavy atom. The van der Waals surface area contributed by atoms with Gasteiger partial charge in [-0.3, -0.25) is 9.98 Å². The van der Waals surface area contributed by atoms with Crippen molar-refractivity contribution in [2.75, 3.05) is 13.6 Å². The van der Waals surface area contributed by atoms with Crippen LogP contribution in [0.5, 0.6) is 11.5 Å². The summed E-state index contributed by atoms with van der Waals surface area (Å²) in [6, 6.07) is 8.39. The zero-order valence-corrected chi connectivity index (χ0v) is 13.6. The molecule has 0 aliphatic heterocycles. The van der Waals surface area contributed by atoms with E-state index in [2.05, 4.69) is 20.6 Å². The van der Waals surface area contributed by atoms with Crippen molar-refractivity contribution in [3.8, 4) is 11.5 Å². The summed E-state index contributed by atoms with van der Waals surface area (Å²) in [5, 5.41) is 6.46. The third-order valence-electron chi connectivity index (χ3n) is 3.80. The lowest BCUT2D eigenvalue weighted by Crippen LogP contribution is -2.37. The van der Waals surface area contributed by atoms with Gasteiger partial charge >= 0.3 is 0 Å². The molecule has 0 unspecified atom stereocenters. The number of ether oxygens (including phenoxy) is 1. The second kappa shape index (κ2) is 7.77. The molecule has 0 atom stereocenters. The summed E-state index contributed by atoms with van der Waals surface area (Å²) >= 11 is 0. The van der Waals surface area contributed by atoms with Crippen molar-refractivity contribution < 1.29 is 9.13 Å². The monoisotopic (exact) mass is 328 g/mol. The summed E-state index contributed by atoms with van der Waals surface area (Å²) < 4.78 is 19.7. The number of nitrogens with zero attached hydrogens (tertiary/aromatic N) is 2. The van der Waals surface area contributed by atoms with E-state index in [4.69, 9.17) is 4.74 Å². The predicted molar refractivity (Wildman–Crippen MR) is 91.6 cm³/mol. The van der Waals surface area contributed by atoms with E-state index < -0.39 is 5.82 Å². The maximum Gasteiger partial charge on any atom is 0.191 e. The second-order valence-corrected chi connectivity index (χ2v) is 5.81. The maximum absolute atomic E-state index is 14.2. The SMILES string of the molecule is CN=C(NCc1ccc(Oc2cccnc2)c(F)c1)NCC1CC1. The van der Waals surface area contributed by atoms with Crippen LogP contribution in [0.3, 0.4) is 0 Å². The van der Waals surface area contributed by atoms with Gasteiger partial charge in [0.05, 0.1) is 6.20 Å². The number of halogens is 1. The van der Waals surface area contributed by atoms with Crippen LogP contribution in [0, 0.1) is 11.7 Å². The van der Waals surface area contributed by atoms with Crippen molar-refractivity contribution >= 4 is 5.96 Å². The number of hydrogen-bond donors (Lipinski definition) is 2. The summed E-state index contributed by atoms with van der Waals surface area (Å²) in [6.07, 6.45) is 5.76. The van der Waals surface area contributed by atoms with Gasteiger partial charge in [0.25, 0.3) is 0 Å². The summed E-state index contributed by atoms with van der Waals surface area (Å²) in [7, 11) is 1.73. The lowest BCUT2D eigenvalue weighted by Gasteiger charge is -2.12. The first-order chi connectivity index (χ1) is 11.7. The van der Waals surface area contributed by atoms with Crippen LogP contribution in [0.25, 0.3) is 0 Å². The highest BCUT2D eigenvalue weighted by Crippen LogP contribution is 2.27. The molecule has 0 saturated heterocycles. The lowest BCUT2D eigenvalue weighted by atomic mass is 10.2. The van der Waals surface area contributed by atoms with Gasteiger partial charge in [-0.2, -0.15) is 0 Å². The van der Waals surface area contributed by atoms with E-state index in [0.717, 1.165) is 24.0 Å². The Kier molecular flexibility index (Phi) is 5.25. The highest BCUT2D eigenvalue weighted by Gasteiger charge is 2.21. The van der Waals surface area contributed by atoms with Gasteiger partial charge in [0.15, 0.2) is 17.5 Å². The largest absolute Gasteiger partial charge is 0.453 e. The fraction of sp³-hybridized carbons (Fsp3) is 0.333. The minimum Gasteiger partial charge on any atom is -0.453 e. The first kappa shape index (κ1) is 16.2. The molecular formula is C18H21FN4O. The van der Waals surface area contributed by atoms with Gasteiger partial charge in [0, 0.05) is 26.3 Å². The number of rotatable bonds is 6. The number of hydrogen-bond acceptors (Lipinski definition) is 3. The molecule has 0 bridgehead atoms. The van der Waals surface area contributed by atoms with E-state index in [9.17, 15) is 4.39 Å². The molecule has 1 aromatic carbocycles. The molecule has 1 heterocycles. The number of aromatic nitrogens is 1. The molecule has 0 spiro atoms. The number of pyridine rings is 1. The number of aliphatic imine (C=N–C) groups is 1. The lowest BCUT2D eigenvalue weighted by molar-refractivity contribution is 0.440. The Morgan fingerprint density at radius 2 is 2.21 bits per heavy atom. The van der Waals surface area contributed by atoms with Gasteiger partial charge in [0.2, 0.25) is 0 Å². The Balaban J connectivity index is 1.55. The Morgan fingerprint density at radius 3 is 2.88 bits per heavy atom. The van der Waals surface area contributed by atoms with Gasteiger partial charge in [-0.15, -0.1) is 0 Å². The normalized spacial score (nSPS) is 14.3. The quantitative estimate of drug-likeness (QED) is 0.632. The standard InChI is InChI=1S/C18H21FN4O/c1-20-18(22-10-13-4-5-13)23-11-14-6-7-17(16(19)9-14)24-15-3-2-8-21-12-15/h2-3,6-9,12-13H,4-5,10-11H2,1H3,(H2,20,22,23). The molecule has 0 radical (unpaired) electrons. The molecule has 1 aliphatic rings. The molecular weight excluding hydrogens is 307 g/mol. The Bertz CT molecular complexity index is 701. The summed E-state index contributed by atoms with van der Waals surface area (Å²) in [5.74, 6) is 1.79. The topological polar surface area (TPSA) is 58.5 Å². The van der Waals surface area contributed by atoms with Crippen LogP contribution in [-0.4, -0.2) is 24.5 Å². The van der Waals surface area contributed by atoms with Crippen LogP contribution >= 0.6 is 0 Å². The van der Waals surface area contributed by atoms with Gasteiger partial charge in [-0.05, 0) is 48.6 Å². The zero-order valence-electron chi connectivity index (χ0n) is 13.6. The number of guanidine groups is 1. The molecule has 3 rings (SSSR count). The molecule has 126 valence electrons. The van der Waals surface area contributed by atoms with Crippen LogP contribution in [0.4, 0.5) is 4.39 Å². The van der Waals surface area contributed by atoms with E-state index in [-0.39, 0.29) is 5.75 Å². The first-order valence-electron chi connectivity index (χ1n) is 8.05. The van der Waals surface area contributed by atoms with Crippen LogP contribution in [0.2, 0.25) is 0 Å². The third-order valence-corrected chi connectivity index (χ3v) is 3.80. The van der Waals surface area contributed by atoms with Crippen molar-refractivity contribution in [2.45, 2.75) is 19.4 Å². The number of benzene rings is 1. The average molecular weight is 328 g/mol. The molecule has 2 aromatic rings. The van der Waals surface area contributed by atoms with Gasteiger partial charge < -0.3 is 15.4 Å². The van der Waals surface area contributed by atoms with E-state index in [1.807, 2.05) is 6.07 Å². The summed E-state index contributed by atoms with van der Waals surface area (Å²) in [6.45, 7) is 1.43. The van der Waals surface area contributed by atoms with Crippen molar-refractivity contribution in [1.82, 2.24) is 15.6 Å². The van der Waals surface area contributed by atoms with E-state index in [1.165, 1.54) is 18.9 Å². The van der Waals surface area contributed by atoms with Crippen molar-refractivity contribution in [1.29, 1.82) is 0 Å². The molecule has 24 heavy (non-hydrogen) atoms. The van der Waals surface area contributed by atoms with E-state index >= 15 is 0 Å². The summed E-state index contributed by atoms with van der Waals surface area (Å²) in [5.41, 5.74) is 0.820. The third kappa shape index (κ3) is 4.68. The van der Waals surface area contributed by atoms with Gasteiger partial charge in [-0.25, -0.2) is 4.39 Å². The summed E-state index contributed by atoms with van der Waals surface area (Å²) in [4.78, 5) is 8.11. The molecule has 1 fully saturated rings. The molecule has 1 aromatic heterocycles. The molecule has 6 heteroatoms. The number of nitrogens with one attached hydrogen (secondary N) is 2. The van der Waals surface area contributed by atoms with Crippen molar-refractivity contribution in [3.63, 3.8) is 0 Å². The fourth-order valence-electron chi connectivity index (χ4n) is 2.24. The van der Waals surface area contributed by atoms with Crippen molar-refractivity contribution in [3.05, 3.63) is 54.1 Å². The van der Waals surface area contributed by atoms with Gasteiger partial charge in [0.1, 0.15) is 5.75 Å². The van der Waals surface area contributed by atoms with E-state index in [1.54, 1.807) is 37.6 Å². The highest BCUT2D eigenvalue weighted by molar-refractivity contribution is 5.79. The fourth-order valence-corrected chi connectivity index (χ4v) is 2.24.